The number of hydrogen-bond donors (Lipinski definition) is 0. The predicted molar refractivity (Wildman–Crippen MR) is 95.6 cm³/mol. The van der Waals surface area contributed by atoms with Gasteiger partial charge in [0.15, 0.2) is 12.1 Å². The lowest BCUT2D eigenvalue weighted by molar-refractivity contribution is -0.114. The van der Waals surface area contributed by atoms with Gasteiger partial charge in [-0.25, -0.2) is 0 Å². The minimum Gasteiger partial charge on any atom is -0.464 e. The van der Waals surface area contributed by atoms with Crippen molar-refractivity contribution in [3.8, 4) is 5.75 Å². The maximum Gasteiger partial charge on any atom is 0.210 e. The summed E-state index contributed by atoms with van der Waals surface area (Å²) in [5.41, 5.74) is 1.50. The van der Waals surface area contributed by atoms with Crippen LogP contribution in [0.25, 0.3) is 0 Å². The summed E-state index contributed by atoms with van der Waals surface area (Å²) in [6, 6.07) is 5.77. The number of rotatable bonds is 9. The molecule has 1 aliphatic heterocycles. The fourth-order valence-electron chi connectivity index (χ4n) is 3.04. The Hall–Kier alpha value is -1.40. The van der Waals surface area contributed by atoms with Crippen molar-refractivity contribution >= 4 is 28.1 Å². The summed E-state index contributed by atoms with van der Waals surface area (Å²) in [5.74, 6) is 0.827. The smallest absolute Gasteiger partial charge is 0.210 e. The highest BCUT2D eigenvalue weighted by atomic mass is 79.9. The van der Waals surface area contributed by atoms with E-state index in [1.807, 2.05) is 19.1 Å². The van der Waals surface area contributed by atoms with Crippen molar-refractivity contribution in [2.75, 3.05) is 12.4 Å². The number of Topliss-reactive ketones (excluding diaryl/α,β-unsaturated/α-hetero) is 1. The van der Waals surface area contributed by atoms with Gasteiger partial charge in [-0.05, 0) is 23.6 Å². The number of halogens is 1. The third-order valence-electron chi connectivity index (χ3n) is 4.33. The van der Waals surface area contributed by atoms with E-state index in [-0.39, 0.29) is 23.2 Å². The Morgan fingerprint density at radius 3 is 2.58 bits per heavy atom. The molecule has 3 unspecified atom stereocenters. The summed E-state index contributed by atoms with van der Waals surface area (Å²) in [6.07, 6.45) is 1.14. The van der Waals surface area contributed by atoms with Gasteiger partial charge in [0.2, 0.25) is 6.41 Å². The van der Waals surface area contributed by atoms with Crippen LogP contribution in [0.1, 0.15) is 49.2 Å². The fourth-order valence-corrected chi connectivity index (χ4v) is 3.35. The predicted octanol–water partition coefficient (Wildman–Crippen LogP) is 3.56. The van der Waals surface area contributed by atoms with Crippen molar-refractivity contribution in [1.29, 1.82) is 0 Å². The first-order chi connectivity index (χ1) is 11.5. The molecule has 6 heteroatoms. The highest BCUT2D eigenvalue weighted by molar-refractivity contribution is 9.09. The van der Waals surface area contributed by atoms with Crippen molar-refractivity contribution in [2.45, 2.75) is 45.6 Å². The molecule has 1 aromatic rings. The molecule has 0 bridgehead atoms. The van der Waals surface area contributed by atoms with Gasteiger partial charge in [0.05, 0.1) is 23.0 Å². The number of carbonyl (C=O) groups excluding carboxylic acids is 2. The number of amides is 1. The van der Waals surface area contributed by atoms with Crippen molar-refractivity contribution < 1.29 is 19.1 Å². The normalized spacial score (nSPS) is 20.8. The van der Waals surface area contributed by atoms with Crippen molar-refractivity contribution in [3.05, 3.63) is 29.3 Å². The molecule has 0 spiro atoms. The number of benzene rings is 1. The molecular formula is C18H24BrNO4. The molecule has 0 N–H and O–H groups in total. The zero-order valence-corrected chi connectivity index (χ0v) is 16.1. The first-order valence-corrected chi connectivity index (χ1v) is 9.25. The van der Waals surface area contributed by atoms with Crippen LogP contribution in [-0.4, -0.2) is 41.9 Å². The van der Waals surface area contributed by atoms with Crippen LogP contribution in [0.15, 0.2) is 18.2 Å². The molecular weight excluding hydrogens is 374 g/mol. The Balaban J connectivity index is 2.35. The Bertz CT molecular complexity index is 601. The van der Waals surface area contributed by atoms with E-state index in [1.54, 1.807) is 18.1 Å². The lowest BCUT2D eigenvalue weighted by atomic mass is 10.00. The first kappa shape index (κ1) is 18.9. The van der Waals surface area contributed by atoms with Crippen LogP contribution in [0.5, 0.6) is 5.75 Å². The van der Waals surface area contributed by atoms with Gasteiger partial charge in [-0.1, -0.05) is 42.8 Å². The number of nitrogens with zero attached hydrogens (tertiary/aromatic N) is 1. The Labute approximate surface area is 151 Å². The van der Waals surface area contributed by atoms with E-state index in [4.69, 9.17) is 9.47 Å². The molecule has 1 amide bonds. The molecule has 0 saturated carbocycles. The van der Waals surface area contributed by atoms with Gasteiger partial charge in [-0.3, -0.25) is 9.59 Å². The van der Waals surface area contributed by atoms with Crippen LogP contribution < -0.4 is 4.74 Å². The van der Waals surface area contributed by atoms with Crippen LogP contribution in [0.2, 0.25) is 0 Å². The number of carbonyl (C=O) groups is 2. The van der Waals surface area contributed by atoms with Gasteiger partial charge in [0.25, 0.3) is 0 Å². The summed E-state index contributed by atoms with van der Waals surface area (Å²) < 4.78 is 11.2. The van der Waals surface area contributed by atoms with E-state index in [2.05, 4.69) is 29.8 Å². The maximum atomic E-state index is 12.1. The SMILES string of the molecule is CCC(OC)Oc1cc(C2C(C(C)C)N2C=O)ccc1C(=O)CBr. The second-order valence-electron chi connectivity index (χ2n) is 6.24. The maximum absolute atomic E-state index is 12.1. The zero-order valence-electron chi connectivity index (χ0n) is 14.5. The molecule has 1 aromatic carbocycles. The second-order valence-corrected chi connectivity index (χ2v) is 6.80. The summed E-state index contributed by atoms with van der Waals surface area (Å²) in [7, 11) is 1.58. The zero-order chi connectivity index (χ0) is 17.9. The molecule has 0 radical (unpaired) electrons. The quantitative estimate of drug-likeness (QED) is 0.210. The van der Waals surface area contributed by atoms with Gasteiger partial charge in [-0.15, -0.1) is 0 Å². The monoisotopic (exact) mass is 397 g/mol. The van der Waals surface area contributed by atoms with Crippen LogP contribution in [0.4, 0.5) is 0 Å². The Morgan fingerprint density at radius 2 is 2.12 bits per heavy atom. The highest BCUT2D eigenvalue weighted by Crippen LogP contribution is 2.46. The molecule has 24 heavy (non-hydrogen) atoms. The van der Waals surface area contributed by atoms with Crippen LogP contribution >= 0.6 is 15.9 Å². The topological polar surface area (TPSA) is 55.6 Å². The van der Waals surface area contributed by atoms with Crippen molar-refractivity contribution in [2.24, 2.45) is 5.92 Å². The second kappa shape index (κ2) is 8.12. The van der Waals surface area contributed by atoms with Crippen LogP contribution in [-0.2, 0) is 9.53 Å². The van der Waals surface area contributed by atoms with E-state index in [1.165, 1.54) is 0 Å². The van der Waals surface area contributed by atoms with E-state index >= 15 is 0 Å². The van der Waals surface area contributed by atoms with Crippen LogP contribution in [0, 0.1) is 5.92 Å². The third-order valence-corrected chi connectivity index (χ3v) is 4.84. The van der Waals surface area contributed by atoms with Crippen molar-refractivity contribution in [1.82, 2.24) is 4.90 Å². The molecule has 132 valence electrons. The summed E-state index contributed by atoms with van der Waals surface area (Å²) >= 11 is 3.20. The molecule has 3 atom stereocenters. The molecule has 0 aromatic heterocycles. The third kappa shape index (κ3) is 3.81. The number of ketones is 1. The summed E-state index contributed by atoms with van der Waals surface area (Å²) in [4.78, 5) is 25.2. The largest absolute Gasteiger partial charge is 0.464 e. The fraction of sp³-hybridized carbons (Fsp3) is 0.556. The molecule has 1 fully saturated rings. The van der Waals surface area contributed by atoms with Gasteiger partial charge in [-0.2, -0.15) is 0 Å². The van der Waals surface area contributed by atoms with Gasteiger partial charge >= 0.3 is 0 Å². The molecule has 5 nitrogen and oxygen atoms in total. The minimum atomic E-state index is -0.413. The molecule has 1 aliphatic rings. The standard InChI is InChI=1S/C18H24BrNO4/c1-5-16(23-4)24-15-8-12(6-7-13(15)14(22)9-19)18-17(11(2)3)20(18)10-21/h6-8,10-11,16-18H,5,9H2,1-4H3. The van der Waals surface area contributed by atoms with E-state index in [0.29, 0.717) is 23.7 Å². The number of alkyl halides is 1. The Morgan fingerprint density at radius 1 is 1.42 bits per heavy atom. The molecule has 0 aliphatic carbocycles. The lowest BCUT2D eigenvalue weighted by Crippen LogP contribution is -2.19. The Kier molecular flexibility index (Phi) is 6.40. The summed E-state index contributed by atoms with van der Waals surface area (Å²) in [5, 5.41) is 0.227. The van der Waals surface area contributed by atoms with Gasteiger partial charge < -0.3 is 14.4 Å². The average molecular weight is 398 g/mol. The van der Waals surface area contributed by atoms with E-state index in [9.17, 15) is 9.59 Å². The molecule has 1 heterocycles. The highest BCUT2D eigenvalue weighted by Gasteiger charge is 2.49. The number of methoxy groups -OCH3 is 1. The lowest BCUT2D eigenvalue weighted by Gasteiger charge is -2.18. The van der Waals surface area contributed by atoms with Crippen molar-refractivity contribution in [3.63, 3.8) is 0 Å². The van der Waals surface area contributed by atoms with Gasteiger partial charge in [0, 0.05) is 13.5 Å². The minimum absolute atomic E-state index is 0.0422. The first-order valence-electron chi connectivity index (χ1n) is 8.13. The van der Waals surface area contributed by atoms with E-state index < -0.39 is 6.29 Å². The van der Waals surface area contributed by atoms with E-state index in [0.717, 1.165) is 12.0 Å². The molecule has 2 rings (SSSR count). The summed E-state index contributed by atoms with van der Waals surface area (Å²) in [6.45, 7) is 6.15. The van der Waals surface area contributed by atoms with Crippen LogP contribution in [0.3, 0.4) is 0 Å². The molecule has 1 saturated heterocycles. The number of ether oxygens (including phenoxy) is 2. The average Bonchev–Trinajstić information content (AvgIpc) is 3.33. The van der Waals surface area contributed by atoms with Gasteiger partial charge in [0.1, 0.15) is 5.75 Å². The number of hydrogen-bond acceptors (Lipinski definition) is 4.